The number of likely N-dealkylation sites (N-methyl/N-ethyl adjacent to an activating group) is 1. The third-order valence-electron chi connectivity index (χ3n) is 6.05. The standard InChI is InChI=1S/C24H39N7O.HI/c1-5-15-32-22-11-7-9-20(16-22)12-13-25-24(26-17-21-10-8-14-31(21)6-2)27-18-23-29-28-19(3)30(23)4;/h7,9,11,16,21H,5-6,8,10,12-15,17-18H2,1-4H3,(H2,25,26,27);1H. The minimum Gasteiger partial charge on any atom is -0.494 e. The van der Waals surface area contributed by atoms with Crippen LogP contribution < -0.4 is 15.4 Å². The largest absolute Gasteiger partial charge is 0.494 e. The van der Waals surface area contributed by atoms with E-state index in [9.17, 15) is 0 Å². The maximum absolute atomic E-state index is 5.76. The molecule has 184 valence electrons. The van der Waals surface area contributed by atoms with Gasteiger partial charge in [0.25, 0.3) is 0 Å². The molecular weight excluding hydrogens is 529 g/mol. The molecule has 1 aliphatic rings. The number of aromatic nitrogens is 3. The molecule has 1 atom stereocenters. The number of aryl methyl sites for hydroxylation is 1. The zero-order chi connectivity index (χ0) is 22.8. The lowest BCUT2D eigenvalue weighted by Gasteiger charge is -2.24. The molecule has 9 heteroatoms. The average molecular weight is 570 g/mol. The van der Waals surface area contributed by atoms with Crippen LogP contribution in [0.5, 0.6) is 5.75 Å². The number of guanidine groups is 1. The predicted molar refractivity (Wildman–Crippen MR) is 145 cm³/mol. The number of hydrogen-bond donors (Lipinski definition) is 2. The van der Waals surface area contributed by atoms with Gasteiger partial charge in [-0.2, -0.15) is 0 Å². The summed E-state index contributed by atoms with van der Waals surface area (Å²) in [7, 11) is 1.98. The molecule has 2 aromatic rings. The van der Waals surface area contributed by atoms with E-state index in [0.29, 0.717) is 12.6 Å². The molecule has 0 saturated carbocycles. The van der Waals surface area contributed by atoms with Crippen molar-refractivity contribution in [2.24, 2.45) is 12.0 Å². The lowest BCUT2D eigenvalue weighted by Crippen LogP contribution is -2.45. The molecule has 2 heterocycles. The lowest BCUT2D eigenvalue weighted by molar-refractivity contribution is 0.267. The van der Waals surface area contributed by atoms with Crippen molar-refractivity contribution in [3.63, 3.8) is 0 Å². The summed E-state index contributed by atoms with van der Waals surface area (Å²) in [5.74, 6) is 3.52. The number of benzene rings is 1. The zero-order valence-corrected chi connectivity index (χ0v) is 22.8. The molecule has 1 aromatic heterocycles. The zero-order valence-electron chi connectivity index (χ0n) is 20.5. The lowest BCUT2D eigenvalue weighted by atomic mass is 10.1. The van der Waals surface area contributed by atoms with Crippen molar-refractivity contribution in [2.45, 2.75) is 59.0 Å². The summed E-state index contributed by atoms with van der Waals surface area (Å²) >= 11 is 0. The summed E-state index contributed by atoms with van der Waals surface area (Å²) in [5.41, 5.74) is 1.25. The fraction of sp³-hybridized carbons (Fsp3) is 0.625. The van der Waals surface area contributed by atoms with Crippen molar-refractivity contribution in [1.82, 2.24) is 30.3 Å². The highest BCUT2D eigenvalue weighted by molar-refractivity contribution is 14.0. The van der Waals surface area contributed by atoms with E-state index in [1.165, 1.54) is 24.9 Å². The fourth-order valence-electron chi connectivity index (χ4n) is 4.01. The molecule has 0 aliphatic carbocycles. The van der Waals surface area contributed by atoms with E-state index >= 15 is 0 Å². The molecule has 2 N–H and O–H groups in total. The van der Waals surface area contributed by atoms with Crippen LogP contribution in [-0.2, 0) is 20.0 Å². The molecule has 1 aromatic carbocycles. The van der Waals surface area contributed by atoms with Gasteiger partial charge in [0.05, 0.1) is 6.61 Å². The first-order chi connectivity index (χ1) is 15.6. The van der Waals surface area contributed by atoms with Gasteiger partial charge >= 0.3 is 0 Å². The number of nitrogens with zero attached hydrogens (tertiary/aromatic N) is 5. The molecule has 0 amide bonds. The molecule has 3 rings (SSSR count). The van der Waals surface area contributed by atoms with Crippen LogP contribution in [-0.4, -0.2) is 64.5 Å². The van der Waals surface area contributed by atoms with Crippen LogP contribution >= 0.6 is 24.0 Å². The second kappa shape index (κ2) is 14.4. The Bertz CT molecular complexity index is 870. The Morgan fingerprint density at radius 1 is 1.24 bits per heavy atom. The summed E-state index contributed by atoms with van der Waals surface area (Å²) < 4.78 is 7.75. The van der Waals surface area contributed by atoms with Crippen LogP contribution in [0.15, 0.2) is 29.3 Å². The summed E-state index contributed by atoms with van der Waals surface area (Å²) in [6.45, 7) is 11.5. The summed E-state index contributed by atoms with van der Waals surface area (Å²) in [6, 6.07) is 8.91. The third-order valence-corrected chi connectivity index (χ3v) is 6.05. The van der Waals surface area contributed by atoms with Crippen molar-refractivity contribution < 1.29 is 4.74 Å². The summed E-state index contributed by atoms with van der Waals surface area (Å²) in [5, 5.41) is 15.4. The first-order valence-corrected chi connectivity index (χ1v) is 11.9. The van der Waals surface area contributed by atoms with Crippen molar-refractivity contribution in [3.8, 4) is 5.75 Å². The smallest absolute Gasteiger partial charge is 0.191 e. The van der Waals surface area contributed by atoms with Gasteiger partial charge in [0.15, 0.2) is 11.8 Å². The molecular formula is C24H40IN7O. The minimum absolute atomic E-state index is 0. The Morgan fingerprint density at radius 2 is 2.09 bits per heavy atom. The first-order valence-electron chi connectivity index (χ1n) is 11.9. The maximum Gasteiger partial charge on any atom is 0.191 e. The maximum atomic E-state index is 5.76. The minimum atomic E-state index is 0. The molecule has 8 nitrogen and oxygen atoms in total. The van der Waals surface area contributed by atoms with Crippen LogP contribution in [0.3, 0.4) is 0 Å². The molecule has 0 spiro atoms. The highest BCUT2D eigenvalue weighted by Crippen LogP contribution is 2.16. The van der Waals surface area contributed by atoms with Crippen LogP contribution in [0.4, 0.5) is 0 Å². The van der Waals surface area contributed by atoms with Gasteiger partial charge < -0.3 is 19.9 Å². The Balaban J connectivity index is 0.00000385. The summed E-state index contributed by atoms with van der Waals surface area (Å²) in [6.07, 6.45) is 4.42. The van der Waals surface area contributed by atoms with Gasteiger partial charge in [0.1, 0.15) is 18.1 Å². The van der Waals surface area contributed by atoms with E-state index in [1.807, 2.05) is 24.6 Å². The normalized spacial score (nSPS) is 16.5. The SMILES string of the molecule is CCCOc1cccc(CCNC(=NCc2nnc(C)n2C)NCC2CCCN2CC)c1.I. The van der Waals surface area contributed by atoms with E-state index in [-0.39, 0.29) is 24.0 Å². The molecule has 33 heavy (non-hydrogen) atoms. The van der Waals surface area contributed by atoms with Gasteiger partial charge in [0, 0.05) is 26.2 Å². The molecule has 0 bridgehead atoms. The van der Waals surface area contributed by atoms with Gasteiger partial charge in [-0.3, -0.25) is 4.90 Å². The second-order valence-electron chi connectivity index (χ2n) is 8.37. The average Bonchev–Trinajstić information content (AvgIpc) is 3.40. The number of ether oxygens (including phenoxy) is 1. The highest BCUT2D eigenvalue weighted by atomic mass is 127. The Hall–Kier alpha value is -1.88. The van der Waals surface area contributed by atoms with E-state index < -0.39 is 0 Å². The number of aliphatic imine (C=N–C) groups is 1. The fourth-order valence-corrected chi connectivity index (χ4v) is 4.01. The van der Waals surface area contributed by atoms with Crippen LogP contribution in [0.2, 0.25) is 0 Å². The van der Waals surface area contributed by atoms with Gasteiger partial charge in [0.2, 0.25) is 0 Å². The van der Waals surface area contributed by atoms with Gasteiger partial charge in [-0.05, 0) is 63.4 Å². The van der Waals surface area contributed by atoms with E-state index in [4.69, 9.17) is 9.73 Å². The molecule has 1 saturated heterocycles. The van der Waals surface area contributed by atoms with Crippen molar-refractivity contribution in [2.75, 3.05) is 32.8 Å². The van der Waals surface area contributed by atoms with Crippen LogP contribution in [0.1, 0.15) is 50.3 Å². The highest BCUT2D eigenvalue weighted by Gasteiger charge is 2.22. The van der Waals surface area contributed by atoms with E-state index in [1.54, 1.807) is 0 Å². The van der Waals surface area contributed by atoms with Gasteiger partial charge in [-0.15, -0.1) is 34.2 Å². The molecule has 0 radical (unpaired) electrons. The molecule has 1 unspecified atom stereocenters. The van der Waals surface area contributed by atoms with E-state index in [2.05, 4.69) is 57.8 Å². The predicted octanol–water partition coefficient (Wildman–Crippen LogP) is 3.29. The second-order valence-corrected chi connectivity index (χ2v) is 8.37. The summed E-state index contributed by atoms with van der Waals surface area (Å²) in [4.78, 5) is 7.34. The van der Waals surface area contributed by atoms with Crippen molar-refractivity contribution in [1.29, 1.82) is 0 Å². The van der Waals surface area contributed by atoms with Gasteiger partial charge in [-0.25, -0.2) is 4.99 Å². The topological polar surface area (TPSA) is 79.6 Å². The Morgan fingerprint density at radius 3 is 2.82 bits per heavy atom. The number of likely N-dealkylation sites (tertiary alicyclic amines) is 1. The van der Waals surface area contributed by atoms with Crippen LogP contribution in [0, 0.1) is 6.92 Å². The number of nitrogens with one attached hydrogen (secondary N) is 2. The van der Waals surface area contributed by atoms with Crippen LogP contribution in [0.25, 0.3) is 0 Å². The van der Waals surface area contributed by atoms with E-state index in [0.717, 1.165) is 62.4 Å². The van der Waals surface area contributed by atoms with Crippen molar-refractivity contribution in [3.05, 3.63) is 41.5 Å². The quantitative estimate of drug-likeness (QED) is 0.246. The molecule has 1 aliphatic heterocycles. The molecule has 1 fully saturated rings. The monoisotopic (exact) mass is 569 g/mol. The first kappa shape index (κ1) is 27.4. The number of hydrogen-bond acceptors (Lipinski definition) is 5. The number of rotatable bonds is 11. The Labute approximate surface area is 215 Å². The van der Waals surface area contributed by atoms with Gasteiger partial charge in [-0.1, -0.05) is 26.0 Å². The Kier molecular flexibility index (Phi) is 11.9. The van der Waals surface area contributed by atoms with Crippen molar-refractivity contribution >= 4 is 29.9 Å². The third kappa shape index (κ3) is 8.44. The number of halogens is 1.